The summed E-state index contributed by atoms with van der Waals surface area (Å²) in [6.07, 6.45) is 9.24. The van der Waals surface area contributed by atoms with E-state index in [1.54, 1.807) is 14.0 Å². The van der Waals surface area contributed by atoms with Gasteiger partial charge in [0.1, 0.15) is 13.2 Å². The number of carbonyl (C=O) groups excluding carboxylic acids is 3. The van der Waals surface area contributed by atoms with Crippen molar-refractivity contribution in [2.45, 2.75) is 99.2 Å². The van der Waals surface area contributed by atoms with Crippen LogP contribution in [0.1, 0.15) is 87.0 Å². The standard InChI is InChI=1S/C36H56N2O8/c1-20(18-39)25(17-37-43-8)31(42)32(46-24(5)41)22(3)30-28(45-23(4)40)16-34(7)29-11-10-26-21(2)27(38-44-9)12-13-35(26)19-36(29,35)15-14-33(30,34)6/h12-13,20-22,25-26,28-30,32,37,39H,10-11,14-19H2,1-9H3/b38-27+/t20-,21-,22-,25?,26-,28-,29-,30-,32+,33+,34-,35+,36-/m0/s1. The first-order chi connectivity index (χ1) is 21.7. The SMILES string of the molecule is CO/N=C1\C=C[C@]23C[C@]24CC[C@]2(C)[C@@H]([C@H](C)[C@@H](OC(C)=O)C(=O)C(CNOC)[C@@H](C)CO)[C@@H](OC(C)=O)C[C@@]2(C)[C@@H]4CC[C@H]3[C@@H]1C. The van der Waals surface area contributed by atoms with Crippen molar-refractivity contribution in [3.8, 4) is 0 Å². The van der Waals surface area contributed by atoms with E-state index in [4.69, 9.17) is 19.1 Å². The number of hydrogen-bond donors (Lipinski definition) is 2. The summed E-state index contributed by atoms with van der Waals surface area (Å²) in [5, 5.41) is 14.4. The molecule has 0 radical (unpaired) electrons. The van der Waals surface area contributed by atoms with Crippen LogP contribution in [0, 0.1) is 63.1 Å². The highest BCUT2D eigenvalue weighted by molar-refractivity contribution is 5.98. The Morgan fingerprint density at radius 1 is 1.09 bits per heavy atom. The number of esters is 2. The molecule has 4 saturated carbocycles. The second kappa shape index (κ2) is 12.6. The zero-order chi connectivity index (χ0) is 33.8. The van der Waals surface area contributed by atoms with Gasteiger partial charge in [-0.25, -0.2) is 5.48 Å². The lowest BCUT2D eigenvalue weighted by Gasteiger charge is -2.61. The van der Waals surface area contributed by atoms with E-state index in [2.05, 4.69) is 43.6 Å². The Kier molecular flexibility index (Phi) is 9.61. The van der Waals surface area contributed by atoms with E-state index in [9.17, 15) is 19.5 Å². The first-order valence-corrected chi connectivity index (χ1v) is 17.2. The van der Waals surface area contributed by atoms with Gasteiger partial charge < -0.3 is 24.3 Å². The smallest absolute Gasteiger partial charge is 0.303 e. The van der Waals surface area contributed by atoms with Crippen molar-refractivity contribution >= 4 is 23.4 Å². The number of Topliss-reactive ketones (excluding diaryl/α,β-unsaturated/α-hetero) is 1. The Morgan fingerprint density at radius 3 is 2.41 bits per heavy atom. The van der Waals surface area contributed by atoms with Gasteiger partial charge in [0.2, 0.25) is 0 Å². The minimum absolute atomic E-state index is 0.144. The van der Waals surface area contributed by atoms with Gasteiger partial charge >= 0.3 is 11.9 Å². The normalized spacial score (nSPS) is 42.4. The van der Waals surface area contributed by atoms with Crippen LogP contribution in [0.3, 0.4) is 0 Å². The Labute approximate surface area is 274 Å². The second-order valence-corrected chi connectivity index (χ2v) is 15.8. The molecule has 258 valence electrons. The number of aliphatic hydroxyl groups is 1. The fourth-order valence-corrected chi connectivity index (χ4v) is 11.8. The van der Waals surface area contributed by atoms with Crippen molar-refractivity contribution in [2.75, 3.05) is 27.4 Å². The summed E-state index contributed by atoms with van der Waals surface area (Å²) in [7, 11) is 3.08. The molecule has 2 N–H and O–H groups in total. The molecule has 2 spiro atoms. The van der Waals surface area contributed by atoms with E-state index in [0.717, 1.165) is 31.4 Å². The summed E-state index contributed by atoms with van der Waals surface area (Å²) < 4.78 is 12.1. The molecule has 46 heavy (non-hydrogen) atoms. The van der Waals surface area contributed by atoms with Crippen molar-refractivity contribution in [1.29, 1.82) is 0 Å². The quantitative estimate of drug-likeness (QED) is 0.225. The van der Waals surface area contributed by atoms with Crippen molar-refractivity contribution in [3.63, 3.8) is 0 Å². The minimum Gasteiger partial charge on any atom is -0.462 e. The number of nitrogens with zero attached hydrogens (tertiary/aromatic N) is 1. The number of hydrogen-bond acceptors (Lipinski definition) is 10. The molecule has 0 bridgehead atoms. The van der Waals surface area contributed by atoms with Crippen molar-refractivity contribution in [1.82, 2.24) is 5.48 Å². The summed E-state index contributed by atoms with van der Waals surface area (Å²) in [6.45, 7) is 13.6. The maximum Gasteiger partial charge on any atom is 0.303 e. The molecular formula is C36H56N2O8. The molecule has 0 aromatic rings. The number of allylic oxidation sites excluding steroid dienone is 2. The molecule has 10 heteroatoms. The minimum atomic E-state index is -1.06. The summed E-state index contributed by atoms with van der Waals surface area (Å²) in [5.41, 5.74) is 3.69. The Morgan fingerprint density at radius 2 is 1.80 bits per heavy atom. The zero-order valence-electron chi connectivity index (χ0n) is 29.3. The van der Waals surface area contributed by atoms with Gasteiger partial charge in [0, 0.05) is 50.7 Å². The molecule has 10 nitrogen and oxygen atoms in total. The highest BCUT2D eigenvalue weighted by Gasteiger charge is 2.81. The number of ketones is 1. The lowest BCUT2D eigenvalue weighted by molar-refractivity contribution is -0.169. The fourth-order valence-electron chi connectivity index (χ4n) is 11.8. The molecule has 13 atom stereocenters. The average molecular weight is 645 g/mol. The number of carbonyl (C=O) groups is 3. The summed E-state index contributed by atoms with van der Waals surface area (Å²) in [4.78, 5) is 49.7. The molecule has 4 fully saturated rings. The lowest BCUT2D eigenvalue weighted by Crippen LogP contribution is -2.56. The molecule has 0 aromatic heterocycles. The molecule has 1 unspecified atom stereocenters. The van der Waals surface area contributed by atoms with E-state index in [0.29, 0.717) is 24.2 Å². The monoisotopic (exact) mass is 644 g/mol. The van der Waals surface area contributed by atoms with Gasteiger partial charge in [-0.15, -0.1) is 0 Å². The molecule has 0 aromatic carbocycles. The second-order valence-electron chi connectivity index (χ2n) is 15.8. The summed E-state index contributed by atoms with van der Waals surface area (Å²) in [6, 6.07) is 0. The number of nitrogens with one attached hydrogen (secondary N) is 1. The third kappa shape index (κ3) is 5.16. The number of hydroxylamine groups is 1. The molecule has 5 rings (SSSR count). The van der Waals surface area contributed by atoms with Crippen LogP contribution < -0.4 is 5.48 Å². The van der Waals surface area contributed by atoms with Crippen LogP contribution in [-0.2, 0) is 33.5 Å². The van der Waals surface area contributed by atoms with E-state index >= 15 is 0 Å². The van der Waals surface area contributed by atoms with Crippen LogP contribution in [0.25, 0.3) is 0 Å². The maximum atomic E-state index is 14.3. The van der Waals surface area contributed by atoms with Crippen molar-refractivity contribution < 1.29 is 38.6 Å². The van der Waals surface area contributed by atoms with E-state index < -0.39 is 30.0 Å². The number of fused-ring (bicyclic) bond motifs is 2. The van der Waals surface area contributed by atoms with Crippen LogP contribution in [0.4, 0.5) is 0 Å². The third-order valence-corrected chi connectivity index (χ3v) is 14.0. The van der Waals surface area contributed by atoms with Gasteiger partial charge in [-0.2, -0.15) is 0 Å². The van der Waals surface area contributed by atoms with Gasteiger partial charge in [-0.1, -0.05) is 45.9 Å². The van der Waals surface area contributed by atoms with Gasteiger partial charge in [0.05, 0.1) is 12.8 Å². The predicted octanol–water partition coefficient (Wildman–Crippen LogP) is 4.89. The van der Waals surface area contributed by atoms with Gasteiger partial charge in [-0.3, -0.25) is 14.4 Å². The fraction of sp³-hybridized carbons (Fsp3) is 0.833. The lowest BCUT2D eigenvalue weighted by atomic mass is 9.43. The average Bonchev–Trinajstić information content (AvgIpc) is 3.60. The van der Waals surface area contributed by atoms with Crippen LogP contribution in [0.15, 0.2) is 17.3 Å². The molecule has 0 heterocycles. The number of oxime groups is 1. The first-order valence-electron chi connectivity index (χ1n) is 17.2. The molecular weight excluding hydrogens is 588 g/mol. The van der Waals surface area contributed by atoms with Crippen LogP contribution in [0.5, 0.6) is 0 Å². The van der Waals surface area contributed by atoms with Gasteiger partial charge in [0.15, 0.2) is 11.9 Å². The number of aliphatic hydroxyl groups excluding tert-OH is 1. The van der Waals surface area contributed by atoms with Crippen LogP contribution in [-0.4, -0.2) is 68.1 Å². The Hall–Kier alpha value is -2.30. The van der Waals surface area contributed by atoms with E-state index in [1.165, 1.54) is 27.4 Å². The topological polar surface area (TPSA) is 133 Å². The van der Waals surface area contributed by atoms with Gasteiger partial charge in [0.25, 0.3) is 0 Å². The summed E-state index contributed by atoms with van der Waals surface area (Å²) in [5.74, 6) is -1.51. The Bertz CT molecular complexity index is 1270. The highest BCUT2D eigenvalue weighted by Crippen LogP contribution is 2.87. The Balaban J connectivity index is 1.52. The van der Waals surface area contributed by atoms with Crippen LogP contribution in [0.2, 0.25) is 0 Å². The van der Waals surface area contributed by atoms with Crippen molar-refractivity contribution in [3.05, 3.63) is 12.2 Å². The first kappa shape index (κ1) is 35.0. The van der Waals surface area contributed by atoms with E-state index in [-0.39, 0.29) is 58.4 Å². The summed E-state index contributed by atoms with van der Waals surface area (Å²) >= 11 is 0. The van der Waals surface area contributed by atoms with Crippen molar-refractivity contribution in [2.24, 2.45) is 68.2 Å². The number of rotatable bonds is 12. The highest BCUT2D eigenvalue weighted by atomic mass is 16.6. The molecule has 0 saturated heterocycles. The predicted molar refractivity (Wildman–Crippen MR) is 172 cm³/mol. The molecule has 5 aliphatic rings. The largest absolute Gasteiger partial charge is 0.462 e. The zero-order valence-corrected chi connectivity index (χ0v) is 29.3. The maximum absolute atomic E-state index is 14.3. The third-order valence-electron chi connectivity index (χ3n) is 14.0. The number of ether oxygens (including phenoxy) is 2. The molecule has 5 aliphatic carbocycles. The van der Waals surface area contributed by atoms with E-state index in [1.807, 2.05) is 6.92 Å². The molecule has 0 amide bonds. The van der Waals surface area contributed by atoms with Gasteiger partial charge in [-0.05, 0) is 84.0 Å². The molecule has 0 aliphatic heterocycles. The van der Waals surface area contributed by atoms with Crippen LogP contribution >= 0.6 is 0 Å².